The van der Waals surface area contributed by atoms with E-state index in [1.165, 1.54) is 33.3 Å². The van der Waals surface area contributed by atoms with Gasteiger partial charge in [0.15, 0.2) is 17.3 Å². The second kappa shape index (κ2) is 9.91. The molecule has 3 aliphatic rings. The molecule has 0 bridgehead atoms. The Morgan fingerprint density at radius 2 is 1.70 bits per heavy atom. The fourth-order valence-corrected chi connectivity index (χ4v) is 5.36. The highest BCUT2D eigenvalue weighted by atomic mass is 16.5. The van der Waals surface area contributed by atoms with Gasteiger partial charge in [0.2, 0.25) is 0 Å². The van der Waals surface area contributed by atoms with E-state index in [1.54, 1.807) is 6.92 Å². The molecule has 1 saturated carbocycles. The summed E-state index contributed by atoms with van der Waals surface area (Å²) in [5, 5.41) is 30.1. The van der Waals surface area contributed by atoms with Crippen LogP contribution in [-0.2, 0) is 15.0 Å². The highest BCUT2D eigenvalue weighted by molar-refractivity contribution is 6.31. The molecule has 4 rings (SSSR count). The lowest BCUT2D eigenvalue weighted by molar-refractivity contribution is -0.123. The van der Waals surface area contributed by atoms with Gasteiger partial charge in [-0.05, 0) is 40.5 Å². The topological polar surface area (TPSA) is 154 Å². The molecule has 1 heterocycles. The van der Waals surface area contributed by atoms with Gasteiger partial charge in [0.25, 0.3) is 0 Å². The van der Waals surface area contributed by atoms with Gasteiger partial charge in [-0.25, -0.2) is 4.79 Å². The van der Waals surface area contributed by atoms with Crippen molar-refractivity contribution < 1.29 is 34.1 Å². The van der Waals surface area contributed by atoms with Gasteiger partial charge in [-0.2, -0.15) is 0 Å². The summed E-state index contributed by atoms with van der Waals surface area (Å²) in [5.41, 5.74) is -1.42. The first kappa shape index (κ1) is 26.2. The number of allylic oxidation sites excluding steroid dienone is 4. The fourth-order valence-electron chi connectivity index (χ4n) is 5.36. The summed E-state index contributed by atoms with van der Waals surface area (Å²) in [6.45, 7) is 6.34. The van der Waals surface area contributed by atoms with Crippen LogP contribution in [0.1, 0.15) is 74.4 Å². The van der Waals surface area contributed by atoms with Gasteiger partial charge >= 0.3 is 6.03 Å². The van der Waals surface area contributed by atoms with Gasteiger partial charge in [-0.3, -0.25) is 14.4 Å². The van der Waals surface area contributed by atoms with E-state index in [0.717, 1.165) is 25.7 Å². The van der Waals surface area contributed by atoms with Crippen LogP contribution in [0.5, 0.6) is 17.2 Å². The molecule has 1 aromatic carbocycles. The summed E-state index contributed by atoms with van der Waals surface area (Å²) in [4.78, 5) is 51.1. The molecule has 2 amide bonds. The third kappa shape index (κ3) is 4.45. The van der Waals surface area contributed by atoms with E-state index in [1.807, 2.05) is 0 Å². The number of Topliss-reactive ketones (excluding diaryl/α,β-unsaturated/α-hetero) is 2. The molecule has 0 saturated heterocycles. The Balaban J connectivity index is 1.54. The molecule has 1 fully saturated rings. The molecule has 0 aromatic heterocycles. The third-order valence-corrected chi connectivity index (χ3v) is 7.50. The molecule has 37 heavy (non-hydrogen) atoms. The quantitative estimate of drug-likeness (QED) is 0.169. The van der Waals surface area contributed by atoms with Gasteiger partial charge in [0.1, 0.15) is 34.0 Å². The summed E-state index contributed by atoms with van der Waals surface area (Å²) in [6.07, 6.45) is 6.55. The Kier molecular flexibility index (Phi) is 7.03. The maximum Gasteiger partial charge on any atom is 0.315 e. The summed E-state index contributed by atoms with van der Waals surface area (Å²) in [7, 11) is 0. The van der Waals surface area contributed by atoms with Crippen LogP contribution in [-0.4, -0.2) is 52.7 Å². The maximum atomic E-state index is 13.8. The molecular weight excluding hydrogens is 478 g/mol. The summed E-state index contributed by atoms with van der Waals surface area (Å²) in [5.74, 6) is -2.63. The zero-order valence-electron chi connectivity index (χ0n) is 21.5. The van der Waals surface area contributed by atoms with Gasteiger partial charge in [-0.1, -0.05) is 19.3 Å². The van der Waals surface area contributed by atoms with Crippen LogP contribution < -0.4 is 20.7 Å². The number of benzene rings is 1. The number of aromatic hydroxyl groups is 2. The highest BCUT2D eigenvalue weighted by Crippen LogP contribution is 2.57. The maximum absolute atomic E-state index is 13.8. The number of phenolic OH excluding ortho intramolecular Hbond substituents is 2. The minimum atomic E-state index is -1.56. The Morgan fingerprint density at radius 1 is 1.05 bits per heavy atom. The van der Waals surface area contributed by atoms with Crippen LogP contribution in [0, 0.1) is 6.92 Å². The molecule has 1 aliphatic heterocycles. The van der Waals surface area contributed by atoms with Gasteiger partial charge < -0.3 is 30.9 Å². The SMILES string of the molecule is CC(=O)c1c(O)c(C)c(O)c2c1OC1=CC(=O)/C(=C(/C)NCCNC(=O)NC3CCCCC3)C(=O)C12C. The molecule has 1 unspecified atom stereocenters. The fraction of sp³-hybridized carbons (Fsp3) is 0.481. The smallest absolute Gasteiger partial charge is 0.315 e. The highest BCUT2D eigenvalue weighted by Gasteiger charge is 2.56. The van der Waals surface area contributed by atoms with Gasteiger partial charge in [-0.15, -0.1) is 0 Å². The molecule has 10 heteroatoms. The largest absolute Gasteiger partial charge is 0.507 e. The van der Waals surface area contributed by atoms with Crippen molar-refractivity contribution in [3.05, 3.63) is 39.8 Å². The summed E-state index contributed by atoms with van der Waals surface area (Å²) < 4.78 is 5.76. The average Bonchev–Trinajstić information content (AvgIpc) is 3.14. The normalized spacial score (nSPS) is 22.4. The molecule has 1 atom stereocenters. The number of ketones is 3. The minimum absolute atomic E-state index is 0.0158. The van der Waals surface area contributed by atoms with E-state index in [9.17, 15) is 29.4 Å². The number of rotatable bonds is 6. The molecule has 198 valence electrons. The third-order valence-electron chi connectivity index (χ3n) is 7.50. The number of urea groups is 1. The van der Waals surface area contributed by atoms with E-state index >= 15 is 0 Å². The van der Waals surface area contributed by atoms with Gasteiger partial charge in [0, 0.05) is 36.5 Å². The van der Waals surface area contributed by atoms with E-state index in [4.69, 9.17) is 4.74 Å². The minimum Gasteiger partial charge on any atom is -0.507 e. The number of fused-ring (bicyclic) bond motifs is 3. The van der Waals surface area contributed by atoms with Crippen LogP contribution in [0.2, 0.25) is 0 Å². The number of amides is 2. The number of hydrogen-bond donors (Lipinski definition) is 5. The standard InChI is InChI=1S/C27H33N3O7/c1-13-22(33)20(15(3)31)24-21(23(13)34)27(4)18(37-24)12-17(32)19(25(27)35)14(2)28-10-11-29-26(36)30-16-8-6-5-7-9-16/h12,16,28,33-34H,5-11H2,1-4H3,(H2,29,30,36)/b19-14+. The molecule has 5 N–H and O–H groups in total. The molecule has 1 aromatic rings. The molecular formula is C27H33N3O7. The van der Waals surface area contributed by atoms with Crippen LogP contribution in [0.15, 0.2) is 23.1 Å². The first-order valence-corrected chi connectivity index (χ1v) is 12.6. The van der Waals surface area contributed by atoms with Crippen molar-refractivity contribution in [3.8, 4) is 17.2 Å². The predicted octanol–water partition coefficient (Wildman–Crippen LogP) is 2.79. The average molecular weight is 512 g/mol. The lowest BCUT2D eigenvalue weighted by Crippen LogP contribution is -2.45. The van der Waals surface area contributed by atoms with Crippen molar-refractivity contribution in [1.82, 2.24) is 16.0 Å². The van der Waals surface area contributed by atoms with Crippen molar-refractivity contribution >= 4 is 23.4 Å². The van der Waals surface area contributed by atoms with Crippen LogP contribution >= 0.6 is 0 Å². The second-order valence-corrected chi connectivity index (χ2v) is 10.0. The number of hydrogen-bond acceptors (Lipinski definition) is 8. The van der Waals surface area contributed by atoms with Crippen molar-refractivity contribution in [2.75, 3.05) is 13.1 Å². The van der Waals surface area contributed by atoms with E-state index in [-0.39, 0.29) is 64.7 Å². The Labute approximate surface area is 215 Å². The first-order chi connectivity index (χ1) is 17.5. The Morgan fingerprint density at radius 3 is 2.35 bits per heavy atom. The monoisotopic (exact) mass is 511 g/mol. The van der Waals surface area contributed by atoms with Crippen LogP contribution in [0.4, 0.5) is 4.79 Å². The first-order valence-electron chi connectivity index (χ1n) is 12.6. The van der Waals surface area contributed by atoms with Crippen molar-refractivity contribution in [1.29, 1.82) is 0 Å². The van der Waals surface area contributed by atoms with Crippen molar-refractivity contribution in [3.63, 3.8) is 0 Å². The number of carbonyl (C=O) groups is 4. The van der Waals surface area contributed by atoms with E-state index in [0.29, 0.717) is 5.70 Å². The Bertz CT molecular complexity index is 1260. The van der Waals surface area contributed by atoms with Crippen molar-refractivity contribution in [2.24, 2.45) is 0 Å². The van der Waals surface area contributed by atoms with E-state index in [2.05, 4.69) is 16.0 Å². The number of nitrogens with one attached hydrogen (secondary N) is 3. The summed E-state index contributed by atoms with van der Waals surface area (Å²) in [6, 6.07) is -0.0641. The number of phenols is 2. The zero-order valence-corrected chi connectivity index (χ0v) is 21.5. The van der Waals surface area contributed by atoms with Crippen LogP contribution in [0.3, 0.4) is 0 Å². The molecule has 0 radical (unpaired) electrons. The molecule has 0 spiro atoms. The summed E-state index contributed by atoms with van der Waals surface area (Å²) >= 11 is 0. The number of carbonyl (C=O) groups excluding carboxylic acids is 4. The molecule has 10 nitrogen and oxygen atoms in total. The lowest BCUT2D eigenvalue weighted by atomic mass is 9.70. The van der Waals surface area contributed by atoms with E-state index < -0.39 is 28.5 Å². The number of ether oxygens (including phenoxy) is 1. The second-order valence-electron chi connectivity index (χ2n) is 10.0. The zero-order chi connectivity index (χ0) is 27.1. The predicted molar refractivity (Wildman–Crippen MR) is 135 cm³/mol. The Hall–Kier alpha value is -3.82. The molecule has 2 aliphatic carbocycles. The lowest BCUT2D eigenvalue weighted by Gasteiger charge is -2.29. The van der Waals surface area contributed by atoms with Gasteiger partial charge in [0.05, 0.1) is 11.1 Å². The van der Waals surface area contributed by atoms with Crippen LogP contribution in [0.25, 0.3) is 0 Å². The van der Waals surface area contributed by atoms with Crippen molar-refractivity contribution in [2.45, 2.75) is 71.3 Å².